The van der Waals surface area contributed by atoms with Gasteiger partial charge in [0.25, 0.3) is 11.8 Å². The summed E-state index contributed by atoms with van der Waals surface area (Å²) in [6.07, 6.45) is 8.83. The summed E-state index contributed by atoms with van der Waals surface area (Å²) in [6, 6.07) is 17.4. The number of imide groups is 1. The van der Waals surface area contributed by atoms with Crippen LogP contribution in [-0.2, 0) is 20.9 Å². The van der Waals surface area contributed by atoms with Crippen molar-refractivity contribution in [1.82, 2.24) is 30.0 Å². The van der Waals surface area contributed by atoms with E-state index >= 15 is 0 Å². The lowest BCUT2D eigenvalue weighted by atomic mass is 9.88. The number of aromatic nitrogens is 2. The number of rotatable bonds is 8. The Morgan fingerprint density at radius 1 is 0.877 bits per heavy atom. The molecule has 2 atom stereocenters. The molecule has 296 valence electrons. The number of anilines is 2. The van der Waals surface area contributed by atoms with Gasteiger partial charge in [0.05, 0.1) is 5.52 Å². The second-order valence-corrected chi connectivity index (χ2v) is 16.6. The third-order valence-electron chi connectivity index (χ3n) is 13.1. The highest BCUT2D eigenvalue weighted by atomic mass is 16.2. The molecule has 0 bridgehead atoms. The fraction of sp³-hybridized carbons (Fsp3) is 0.455. The number of carbonyl (C=O) groups is 5. The summed E-state index contributed by atoms with van der Waals surface area (Å²) in [5.41, 5.74) is 6.51. The van der Waals surface area contributed by atoms with Crippen LogP contribution in [0, 0.1) is 5.92 Å². The van der Waals surface area contributed by atoms with Crippen LogP contribution in [0.1, 0.15) is 107 Å². The van der Waals surface area contributed by atoms with Gasteiger partial charge in [-0.15, -0.1) is 0 Å². The van der Waals surface area contributed by atoms with Gasteiger partial charge in [-0.25, -0.2) is 4.98 Å². The predicted octanol–water partition coefficient (Wildman–Crippen LogP) is 5.36. The molecular formula is C44H50N8O5. The van der Waals surface area contributed by atoms with Crippen molar-refractivity contribution in [1.29, 1.82) is 0 Å². The molecule has 0 aliphatic carbocycles. The maximum absolute atomic E-state index is 13.5. The number of amides is 5. The van der Waals surface area contributed by atoms with Gasteiger partial charge in [-0.3, -0.25) is 34.2 Å². The number of hydrogen-bond acceptors (Lipinski definition) is 8. The maximum atomic E-state index is 13.5. The van der Waals surface area contributed by atoms with Crippen LogP contribution in [0.3, 0.4) is 0 Å². The standard InChI is InChI=1S/C44H50N8O5/c1-49-17-3-6-37(49)35-23-31-25-45-39(24-34(31)46-35)47-42(55)30-9-7-28(8-10-30)29-15-20-51(21-16-29)41(54)22-27-13-18-50(19-14-27)36-5-2-4-32-33(36)26-52(44(32)57)38-11-12-40(53)48-43(38)56/h2,4-5,7-10,23-25,27,29,37-38,46H,3,6,11-22,26H2,1H3,(H,45,47,55)(H,48,53,56)/t37-,38?/m1/s1. The van der Waals surface area contributed by atoms with Gasteiger partial charge < -0.3 is 25.0 Å². The summed E-state index contributed by atoms with van der Waals surface area (Å²) in [5.74, 6) is 0.332. The fourth-order valence-electron chi connectivity index (χ4n) is 9.78. The Labute approximate surface area is 332 Å². The van der Waals surface area contributed by atoms with Crippen molar-refractivity contribution in [2.24, 2.45) is 5.92 Å². The van der Waals surface area contributed by atoms with Gasteiger partial charge in [0, 0.05) is 97.3 Å². The minimum Gasteiger partial charge on any atom is -0.371 e. The SMILES string of the molecule is CN1CCC[C@@H]1c1cc2cnc(NC(=O)c3ccc(C4CCN(C(=O)CC5CCN(c6cccc7c6CN(C6CCC(=O)NC6=O)C7=O)CC5)CC4)cc3)cc2[nH]1. The number of benzene rings is 2. The molecule has 5 amide bonds. The number of piperidine rings is 3. The highest BCUT2D eigenvalue weighted by molar-refractivity contribution is 6.06. The molecule has 57 heavy (non-hydrogen) atoms. The molecule has 4 fully saturated rings. The number of fused-ring (bicyclic) bond motifs is 2. The van der Waals surface area contributed by atoms with E-state index in [4.69, 9.17) is 0 Å². The smallest absolute Gasteiger partial charge is 0.256 e. The second kappa shape index (κ2) is 15.4. The Bertz CT molecular complexity index is 2220. The number of nitrogens with one attached hydrogen (secondary N) is 3. The zero-order chi connectivity index (χ0) is 39.2. The Balaban J connectivity index is 0.736. The summed E-state index contributed by atoms with van der Waals surface area (Å²) in [5, 5.41) is 6.38. The summed E-state index contributed by atoms with van der Waals surface area (Å²) < 4.78 is 0. The van der Waals surface area contributed by atoms with Crippen LogP contribution in [-0.4, -0.2) is 100 Å². The number of aromatic amines is 1. The normalized spacial score (nSPS) is 22.3. The number of H-pyrrole nitrogens is 1. The molecule has 2 aromatic heterocycles. The van der Waals surface area contributed by atoms with Crippen molar-refractivity contribution < 1.29 is 24.0 Å². The van der Waals surface area contributed by atoms with E-state index in [9.17, 15) is 24.0 Å². The molecular weight excluding hydrogens is 721 g/mol. The monoisotopic (exact) mass is 770 g/mol. The van der Waals surface area contributed by atoms with Crippen LogP contribution >= 0.6 is 0 Å². The van der Waals surface area contributed by atoms with Gasteiger partial charge >= 0.3 is 0 Å². The van der Waals surface area contributed by atoms with E-state index in [1.165, 1.54) is 17.7 Å². The third-order valence-corrected chi connectivity index (χ3v) is 13.1. The number of likely N-dealkylation sites (tertiary alicyclic amines) is 2. The van der Waals surface area contributed by atoms with Crippen molar-refractivity contribution in [2.45, 2.75) is 82.3 Å². The molecule has 2 aromatic carbocycles. The Morgan fingerprint density at radius 2 is 1.67 bits per heavy atom. The van der Waals surface area contributed by atoms with Crippen LogP contribution in [0.15, 0.2) is 60.8 Å². The molecule has 13 heteroatoms. The topological polar surface area (TPSA) is 151 Å². The summed E-state index contributed by atoms with van der Waals surface area (Å²) >= 11 is 0. The molecule has 0 spiro atoms. The molecule has 4 saturated heterocycles. The van der Waals surface area contributed by atoms with Crippen molar-refractivity contribution in [3.63, 3.8) is 0 Å². The summed E-state index contributed by atoms with van der Waals surface area (Å²) in [4.78, 5) is 80.5. The largest absolute Gasteiger partial charge is 0.371 e. The molecule has 7 heterocycles. The Hall–Kier alpha value is -5.56. The van der Waals surface area contributed by atoms with Gasteiger partial charge in [-0.2, -0.15) is 0 Å². The molecule has 13 nitrogen and oxygen atoms in total. The fourth-order valence-corrected chi connectivity index (χ4v) is 9.78. The molecule has 9 rings (SSSR count). The zero-order valence-corrected chi connectivity index (χ0v) is 32.5. The summed E-state index contributed by atoms with van der Waals surface area (Å²) in [7, 11) is 2.16. The van der Waals surface area contributed by atoms with Crippen LogP contribution in [0.5, 0.6) is 0 Å². The van der Waals surface area contributed by atoms with Gasteiger partial charge in [0.2, 0.25) is 17.7 Å². The van der Waals surface area contributed by atoms with Crippen molar-refractivity contribution in [3.8, 4) is 0 Å². The number of pyridine rings is 1. The second-order valence-electron chi connectivity index (χ2n) is 16.6. The van der Waals surface area contributed by atoms with E-state index in [0.717, 1.165) is 87.0 Å². The van der Waals surface area contributed by atoms with Crippen LogP contribution in [0.2, 0.25) is 0 Å². The molecule has 0 radical (unpaired) electrons. The van der Waals surface area contributed by atoms with Gasteiger partial charge in [0.15, 0.2) is 0 Å². The molecule has 5 aliphatic rings. The van der Waals surface area contributed by atoms with E-state index in [2.05, 4.69) is 43.5 Å². The number of nitrogens with zero attached hydrogens (tertiary/aromatic N) is 5. The van der Waals surface area contributed by atoms with E-state index in [-0.39, 0.29) is 30.0 Å². The first-order valence-electron chi connectivity index (χ1n) is 20.6. The van der Waals surface area contributed by atoms with E-state index in [1.807, 2.05) is 59.6 Å². The minimum atomic E-state index is -0.635. The predicted molar refractivity (Wildman–Crippen MR) is 216 cm³/mol. The summed E-state index contributed by atoms with van der Waals surface area (Å²) in [6.45, 7) is 4.51. The molecule has 0 saturated carbocycles. The molecule has 3 N–H and O–H groups in total. The Morgan fingerprint density at radius 3 is 2.40 bits per heavy atom. The first-order chi connectivity index (χ1) is 27.7. The van der Waals surface area contributed by atoms with E-state index in [1.54, 1.807) is 4.90 Å². The van der Waals surface area contributed by atoms with Crippen LogP contribution in [0.4, 0.5) is 11.5 Å². The van der Waals surface area contributed by atoms with Crippen LogP contribution in [0.25, 0.3) is 10.9 Å². The van der Waals surface area contributed by atoms with E-state index in [0.29, 0.717) is 54.2 Å². The lowest BCUT2D eigenvalue weighted by Crippen LogP contribution is -2.52. The Kier molecular flexibility index (Phi) is 10.0. The molecule has 4 aromatic rings. The first-order valence-corrected chi connectivity index (χ1v) is 20.6. The van der Waals surface area contributed by atoms with Gasteiger partial charge in [0.1, 0.15) is 11.9 Å². The number of hydrogen-bond donors (Lipinski definition) is 3. The van der Waals surface area contributed by atoms with E-state index < -0.39 is 11.9 Å². The maximum Gasteiger partial charge on any atom is 0.256 e. The van der Waals surface area contributed by atoms with Crippen molar-refractivity contribution >= 4 is 51.9 Å². The zero-order valence-electron chi connectivity index (χ0n) is 32.5. The highest BCUT2D eigenvalue weighted by Crippen LogP contribution is 2.37. The quantitative estimate of drug-likeness (QED) is 0.203. The molecule has 1 unspecified atom stereocenters. The highest BCUT2D eigenvalue weighted by Gasteiger charge is 2.40. The van der Waals surface area contributed by atoms with Crippen LogP contribution < -0.4 is 15.5 Å². The van der Waals surface area contributed by atoms with Gasteiger partial charge in [-0.05, 0) is 106 Å². The lowest BCUT2D eigenvalue weighted by molar-refractivity contribution is -0.137. The number of carbonyl (C=O) groups excluding carboxylic acids is 5. The third kappa shape index (κ3) is 7.40. The average Bonchev–Trinajstić information content (AvgIpc) is 3.94. The average molecular weight is 771 g/mol. The lowest BCUT2D eigenvalue weighted by Gasteiger charge is -2.36. The molecule has 5 aliphatic heterocycles. The van der Waals surface area contributed by atoms with Crippen molar-refractivity contribution in [3.05, 3.63) is 88.7 Å². The van der Waals surface area contributed by atoms with Gasteiger partial charge in [-0.1, -0.05) is 18.2 Å². The minimum absolute atomic E-state index is 0.161. The van der Waals surface area contributed by atoms with Crippen molar-refractivity contribution in [2.75, 3.05) is 50.0 Å². The first kappa shape index (κ1) is 37.0.